The Bertz CT molecular complexity index is 1060. The summed E-state index contributed by atoms with van der Waals surface area (Å²) in [7, 11) is 1.62. The molecule has 4 rings (SSSR count). The topological polar surface area (TPSA) is 65.5 Å². The van der Waals surface area contributed by atoms with Gasteiger partial charge in [0.05, 0.1) is 7.11 Å². The smallest absolute Gasteiger partial charge is 0.382 e. The van der Waals surface area contributed by atoms with Gasteiger partial charge in [0.2, 0.25) is 5.58 Å². The van der Waals surface area contributed by atoms with E-state index in [-0.39, 0.29) is 5.58 Å². The fourth-order valence-corrected chi connectivity index (χ4v) is 2.62. The van der Waals surface area contributed by atoms with Crippen LogP contribution in [0.15, 0.2) is 62.2 Å². The molecular formula is C18H13NO4. The third-order valence-corrected chi connectivity index (χ3v) is 3.69. The summed E-state index contributed by atoms with van der Waals surface area (Å²) in [5.41, 5.74) is 1.68. The molecule has 4 aromatic rings. The van der Waals surface area contributed by atoms with Gasteiger partial charge in [-0.25, -0.2) is 9.78 Å². The van der Waals surface area contributed by atoms with E-state index < -0.39 is 5.63 Å². The first kappa shape index (κ1) is 13.6. The lowest BCUT2D eigenvalue weighted by atomic mass is 10.1. The van der Waals surface area contributed by atoms with Gasteiger partial charge in [0.1, 0.15) is 16.8 Å². The first-order valence-electron chi connectivity index (χ1n) is 7.19. The molecule has 0 aliphatic carbocycles. The summed E-state index contributed by atoms with van der Waals surface area (Å²) in [6.45, 7) is 0. The minimum atomic E-state index is -0.511. The van der Waals surface area contributed by atoms with Crippen molar-refractivity contribution in [2.45, 2.75) is 6.42 Å². The molecule has 0 radical (unpaired) electrons. The molecule has 2 aromatic heterocycles. The first-order chi connectivity index (χ1) is 11.2. The van der Waals surface area contributed by atoms with Gasteiger partial charge in [-0.2, -0.15) is 0 Å². The van der Waals surface area contributed by atoms with Gasteiger partial charge in [0, 0.05) is 11.8 Å². The Morgan fingerprint density at radius 3 is 2.83 bits per heavy atom. The summed E-state index contributed by atoms with van der Waals surface area (Å²) in [6, 6.07) is 14.9. The molecule has 5 heteroatoms. The number of methoxy groups -OCH3 is 1. The predicted molar refractivity (Wildman–Crippen MR) is 85.9 cm³/mol. The Morgan fingerprint density at radius 1 is 1.09 bits per heavy atom. The second-order valence-corrected chi connectivity index (χ2v) is 5.20. The zero-order chi connectivity index (χ0) is 15.8. The van der Waals surface area contributed by atoms with Gasteiger partial charge in [0.15, 0.2) is 5.89 Å². The Morgan fingerprint density at radius 2 is 1.96 bits per heavy atom. The van der Waals surface area contributed by atoms with Crippen LogP contribution in [-0.4, -0.2) is 12.1 Å². The van der Waals surface area contributed by atoms with Crippen molar-refractivity contribution in [3.63, 3.8) is 0 Å². The van der Waals surface area contributed by atoms with E-state index >= 15 is 0 Å². The molecule has 2 aromatic carbocycles. The van der Waals surface area contributed by atoms with Gasteiger partial charge < -0.3 is 13.6 Å². The summed E-state index contributed by atoms with van der Waals surface area (Å²) in [4.78, 5) is 16.5. The normalized spacial score (nSPS) is 11.2. The molecule has 0 fully saturated rings. The van der Waals surface area contributed by atoms with Gasteiger partial charge in [-0.05, 0) is 29.8 Å². The SMILES string of the molecule is COc1cccc(Cc2nc3c(o2)c(=O)oc2ccccc23)c1. The maximum atomic E-state index is 12.0. The number of ether oxygens (including phenoxy) is 1. The van der Waals surface area contributed by atoms with Gasteiger partial charge in [0.25, 0.3) is 0 Å². The van der Waals surface area contributed by atoms with Gasteiger partial charge in [-0.3, -0.25) is 0 Å². The van der Waals surface area contributed by atoms with Crippen LogP contribution in [0.2, 0.25) is 0 Å². The number of benzene rings is 2. The highest BCUT2D eigenvalue weighted by molar-refractivity contribution is 5.99. The molecule has 0 saturated carbocycles. The molecule has 0 aliphatic heterocycles. The molecule has 114 valence electrons. The molecule has 5 nitrogen and oxygen atoms in total. The molecule has 0 unspecified atom stereocenters. The van der Waals surface area contributed by atoms with E-state index in [1.54, 1.807) is 13.2 Å². The number of fused-ring (bicyclic) bond motifs is 3. The van der Waals surface area contributed by atoms with E-state index in [0.717, 1.165) is 16.7 Å². The third-order valence-electron chi connectivity index (χ3n) is 3.69. The highest BCUT2D eigenvalue weighted by atomic mass is 16.5. The molecule has 0 amide bonds. The van der Waals surface area contributed by atoms with E-state index in [2.05, 4.69) is 4.98 Å². The molecule has 0 atom stereocenters. The lowest BCUT2D eigenvalue weighted by Crippen LogP contribution is -1.97. The fourth-order valence-electron chi connectivity index (χ4n) is 2.62. The molecule has 23 heavy (non-hydrogen) atoms. The number of hydrogen-bond donors (Lipinski definition) is 0. The highest BCUT2D eigenvalue weighted by Crippen LogP contribution is 2.24. The molecule has 0 bridgehead atoms. The van der Waals surface area contributed by atoms with Crippen molar-refractivity contribution in [2.75, 3.05) is 7.11 Å². The largest absolute Gasteiger partial charge is 0.497 e. The molecule has 2 heterocycles. The van der Waals surface area contributed by atoms with Crippen LogP contribution in [-0.2, 0) is 6.42 Å². The summed E-state index contributed by atoms with van der Waals surface area (Å²) in [5.74, 6) is 1.24. The fraction of sp³-hybridized carbons (Fsp3) is 0.111. The minimum Gasteiger partial charge on any atom is -0.497 e. The van der Waals surface area contributed by atoms with Crippen molar-refractivity contribution >= 4 is 22.1 Å². The highest BCUT2D eigenvalue weighted by Gasteiger charge is 2.15. The van der Waals surface area contributed by atoms with Crippen LogP contribution in [0.25, 0.3) is 22.1 Å². The minimum absolute atomic E-state index is 0.154. The number of nitrogens with zero attached hydrogens (tertiary/aromatic N) is 1. The summed E-state index contributed by atoms with van der Waals surface area (Å²) < 4.78 is 16.1. The van der Waals surface area contributed by atoms with E-state index in [0.29, 0.717) is 23.4 Å². The molecule has 0 aliphatic rings. The third kappa shape index (κ3) is 2.36. The van der Waals surface area contributed by atoms with E-state index in [1.807, 2.05) is 42.5 Å². The van der Waals surface area contributed by atoms with E-state index in [1.165, 1.54) is 0 Å². The summed E-state index contributed by atoms with van der Waals surface area (Å²) in [5, 5.41) is 0.766. The van der Waals surface area contributed by atoms with Gasteiger partial charge in [-0.15, -0.1) is 0 Å². The zero-order valence-corrected chi connectivity index (χ0v) is 12.4. The van der Waals surface area contributed by atoms with Gasteiger partial charge in [-0.1, -0.05) is 24.3 Å². The van der Waals surface area contributed by atoms with Crippen molar-refractivity contribution in [2.24, 2.45) is 0 Å². The average Bonchev–Trinajstić information content (AvgIpc) is 3.00. The van der Waals surface area contributed by atoms with Crippen molar-refractivity contribution in [3.05, 3.63) is 70.4 Å². The van der Waals surface area contributed by atoms with Crippen LogP contribution in [0.5, 0.6) is 5.75 Å². The maximum absolute atomic E-state index is 12.0. The van der Waals surface area contributed by atoms with E-state index in [9.17, 15) is 4.79 Å². The molecule has 0 spiro atoms. The monoisotopic (exact) mass is 307 g/mol. The Kier molecular flexibility index (Phi) is 3.12. The Balaban J connectivity index is 1.84. The standard InChI is InChI=1S/C18H13NO4/c1-21-12-6-4-5-11(9-12)10-15-19-16-13-7-2-3-8-14(13)22-18(20)17(16)23-15/h2-9H,10H2,1H3. The first-order valence-corrected chi connectivity index (χ1v) is 7.19. The summed E-state index contributed by atoms with van der Waals surface area (Å²) in [6.07, 6.45) is 0.472. The Hall–Kier alpha value is -3.08. The van der Waals surface area contributed by atoms with Crippen LogP contribution < -0.4 is 10.4 Å². The quantitative estimate of drug-likeness (QED) is 0.542. The summed E-state index contributed by atoms with van der Waals surface area (Å²) >= 11 is 0. The average molecular weight is 307 g/mol. The van der Waals surface area contributed by atoms with Crippen molar-refractivity contribution in [1.29, 1.82) is 0 Å². The second-order valence-electron chi connectivity index (χ2n) is 5.20. The molecule has 0 N–H and O–H groups in total. The number of rotatable bonds is 3. The van der Waals surface area contributed by atoms with Crippen LogP contribution in [0.4, 0.5) is 0 Å². The van der Waals surface area contributed by atoms with Gasteiger partial charge >= 0.3 is 5.63 Å². The lowest BCUT2D eigenvalue weighted by molar-refractivity contribution is 0.414. The van der Waals surface area contributed by atoms with Crippen LogP contribution in [0.1, 0.15) is 11.5 Å². The van der Waals surface area contributed by atoms with E-state index in [4.69, 9.17) is 13.6 Å². The van der Waals surface area contributed by atoms with Crippen LogP contribution >= 0.6 is 0 Å². The zero-order valence-electron chi connectivity index (χ0n) is 12.4. The molecule has 0 saturated heterocycles. The van der Waals surface area contributed by atoms with Crippen molar-refractivity contribution < 1.29 is 13.6 Å². The van der Waals surface area contributed by atoms with Crippen LogP contribution in [0, 0.1) is 0 Å². The lowest BCUT2D eigenvalue weighted by Gasteiger charge is -2.01. The van der Waals surface area contributed by atoms with Crippen LogP contribution in [0.3, 0.4) is 0 Å². The number of aromatic nitrogens is 1. The maximum Gasteiger partial charge on any atom is 0.382 e. The van der Waals surface area contributed by atoms with Crippen molar-refractivity contribution in [1.82, 2.24) is 4.98 Å². The number of oxazole rings is 1. The van der Waals surface area contributed by atoms with Crippen molar-refractivity contribution in [3.8, 4) is 5.75 Å². The molecular weight excluding hydrogens is 294 g/mol. The number of para-hydroxylation sites is 1. The Labute approximate surface area is 131 Å². The predicted octanol–water partition coefficient (Wildman–Crippen LogP) is 3.53. The second kappa shape index (κ2) is 5.28. The number of hydrogen-bond acceptors (Lipinski definition) is 5.